The Labute approximate surface area is 159 Å². The number of nitrogens with one attached hydrogen (secondary N) is 2. The highest BCUT2D eigenvalue weighted by atomic mass is 127. The van der Waals surface area contributed by atoms with Gasteiger partial charge in [-0.2, -0.15) is 0 Å². The van der Waals surface area contributed by atoms with E-state index in [1.807, 2.05) is 13.1 Å². The minimum Gasteiger partial charge on any atom is -0.469 e. The van der Waals surface area contributed by atoms with Crippen LogP contribution >= 0.6 is 35.3 Å². The molecule has 0 aliphatic rings. The van der Waals surface area contributed by atoms with Gasteiger partial charge in [-0.15, -0.1) is 35.3 Å². The maximum atomic E-state index is 11.0. The van der Waals surface area contributed by atoms with Crippen LogP contribution in [0.3, 0.4) is 0 Å². The van der Waals surface area contributed by atoms with Gasteiger partial charge in [0.15, 0.2) is 5.96 Å². The minimum absolute atomic E-state index is 0. The smallest absolute Gasteiger partial charge is 0.305 e. The first-order chi connectivity index (χ1) is 10.7. The van der Waals surface area contributed by atoms with Crippen LogP contribution < -0.4 is 10.6 Å². The molecule has 0 fully saturated rings. The maximum absolute atomic E-state index is 11.0. The van der Waals surface area contributed by atoms with E-state index in [2.05, 4.69) is 32.3 Å². The number of rotatable bonds is 9. The molecular formula is C15H27IN4O2S. The zero-order valence-electron chi connectivity index (χ0n) is 14.1. The average molecular weight is 454 g/mol. The Morgan fingerprint density at radius 1 is 1.39 bits per heavy atom. The maximum Gasteiger partial charge on any atom is 0.305 e. The van der Waals surface area contributed by atoms with Crippen LogP contribution in [0.1, 0.15) is 36.1 Å². The molecule has 0 radical (unpaired) electrons. The van der Waals surface area contributed by atoms with E-state index in [0.717, 1.165) is 43.3 Å². The van der Waals surface area contributed by atoms with Gasteiger partial charge in [0.2, 0.25) is 0 Å². The van der Waals surface area contributed by atoms with Gasteiger partial charge in [0, 0.05) is 43.5 Å². The van der Waals surface area contributed by atoms with E-state index >= 15 is 0 Å². The van der Waals surface area contributed by atoms with Gasteiger partial charge in [-0.1, -0.05) is 0 Å². The number of unbranched alkanes of at least 4 members (excludes halogenated alkanes) is 1. The summed E-state index contributed by atoms with van der Waals surface area (Å²) in [6.45, 7) is 6.43. The number of halogens is 1. The highest BCUT2D eigenvalue weighted by Crippen LogP contribution is 2.10. The topological polar surface area (TPSA) is 75.6 Å². The van der Waals surface area contributed by atoms with Crippen molar-refractivity contribution in [2.45, 2.75) is 39.5 Å². The van der Waals surface area contributed by atoms with Crippen molar-refractivity contribution in [2.75, 3.05) is 26.7 Å². The Bertz CT molecular complexity index is 480. The molecule has 1 rings (SSSR count). The number of nitrogens with zero attached hydrogens (tertiary/aromatic N) is 2. The molecule has 1 aromatic heterocycles. The number of methoxy groups -OCH3 is 1. The zero-order valence-corrected chi connectivity index (χ0v) is 17.2. The van der Waals surface area contributed by atoms with E-state index in [0.29, 0.717) is 13.0 Å². The number of hydrogen-bond acceptors (Lipinski definition) is 5. The second-order valence-corrected chi connectivity index (χ2v) is 6.15. The molecule has 0 atom stereocenters. The fraction of sp³-hybridized carbons (Fsp3) is 0.667. The second-order valence-electron chi connectivity index (χ2n) is 4.84. The molecule has 132 valence electrons. The second kappa shape index (κ2) is 13.5. The third-order valence-corrected chi connectivity index (χ3v) is 3.90. The Hall–Kier alpha value is -0.900. The zero-order chi connectivity index (χ0) is 16.2. The van der Waals surface area contributed by atoms with Crippen LogP contribution in [0.25, 0.3) is 0 Å². The standard InChI is InChI=1S/C15H26N4O2S.HI/c1-4-16-15(17-9-6-5-7-14(20)21-3)18-10-8-13-19-11-12(2)22-13;/h11H,4-10H2,1-3H3,(H2,16,17,18);1H. The molecule has 2 N–H and O–H groups in total. The fourth-order valence-electron chi connectivity index (χ4n) is 1.82. The van der Waals surface area contributed by atoms with Crippen LogP contribution in [-0.2, 0) is 16.0 Å². The monoisotopic (exact) mass is 454 g/mol. The molecule has 8 heteroatoms. The molecule has 1 aromatic rings. The van der Waals surface area contributed by atoms with Crippen molar-refractivity contribution < 1.29 is 9.53 Å². The molecule has 0 aliphatic heterocycles. The number of guanidine groups is 1. The summed E-state index contributed by atoms with van der Waals surface area (Å²) in [6.07, 6.45) is 4.93. The molecule has 0 amide bonds. The number of carbonyl (C=O) groups is 1. The van der Waals surface area contributed by atoms with Crippen LogP contribution in [0.2, 0.25) is 0 Å². The number of aromatic nitrogens is 1. The predicted octanol–water partition coefficient (Wildman–Crippen LogP) is 2.51. The van der Waals surface area contributed by atoms with Gasteiger partial charge in [-0.3, -0.25) is 9.79 Å². The molecule has 0 unspecified atom stereocenters. The Morgan fingerprint density at radius 2 is 2.17 bits per heavy atom. The summed E-state index contributed by atoms with van der Waals surface area (Å²) in [6, 6.07) is 0. The molecule has 0 aliphatic carbocycles. The molecule has 0 aromatic carbocycles. The number of ether oxygens (including phenoxy) is 1. The van der Waals surface area contributed by atoms with Gasteiger partial charge < -0.3 is 15.4 Å². The third-order valence-electron chi connectivity index (χ3n) is 2.93. The molecule has 0 saturated heterocycles. The van der Waals surface area contributed by atoms with Gasteiger partial charge in [-0.25, -0.2) is 4.98 Å². The summed E-state index contributed by atoms with van der Waals surface area (Å²) in [5.41, 5.74) is 0. The number of aliphatic imine (C=N–C) groups is 1. The summed E-state index contributed by atoms with van der Waals surface area (Å²) >= 11 is 1.73. The quantitative estimate of drug-likeness (QED) is 0.197. The lowest BCUT2D eigenvalue weighted by molar-refractivity contribution is -0.140. The Balaban J connectivity index is 0.00000484. The molecular weight excluding hydrogens is 427 g/mol. The van der Waals surface area contributed by atoms with E-state index in [9.17, 15) is 4.79 Å². The molecule has 0 bridgehead atoms. The predicted molar refractivity (Wildman–Crippen MR) is 106 cm³/mol. The minimum atomic E-state index is -0.159. The highest BCUT2D eigenvalue weighted by Gasteiger charge is 2.02. The van der Waals surface area contributed by atoms with E-state index in [-0.39, 0.29) is 29.9 Å². The molecule has 1 heterocycles. The fourth-order valence-corrected chi connectivity index (χ4v) is 2.61. The van der Waals surface area contributed by atoms with Crippen molar-refractivity contribution in [1.29, 1.82) is 0 Å². The Morgan fingerprint density at radius 3 is 2.78 bits per heavy atom. The third kappa shape index (κ3) is 10.5. The van der Waals surface area contributed by atoms with E-state index < -0.39 is 0 Å². The van der Waals surface area contributed by atoms with Crippen molar-refractivity contribution in [3.8, 4) is 0 Å². The van der Waals surface area contributed by atoms with Gasteiger partial charge in [0.1, 0.15) is 0 Å². The highest BCUT2D eigenvalue weighted by molar-refractivity contribution is 14.0. The number of carbonyl (C=O) groups excluding carboxylic acids is 1. The number of esters is 1. The summed E-state index contributed by atoms with van der Waals surface area (Å²) in [5, 5.41) is 7.66. The number of aryl methyl sites for hydroxylation is 1. The summed E-state index contributed by atoms with van der Waals surface area (Å²) < 4.78 is 4.61. The summed E-state index contributed by atoms with van der Waals surface area (Å²) in [4.78, 5) is 21.1. The lowest BCUT2D eigenvalue weighted by Crippen LogP contribution is -2.38. The van der Waals surface area contributed by atoms with Crippen molar-refractivity contribution >= 4 is 47.2 Å². The van der Waals surface area contributed by atoms with Crippen molar-refractivity contribution in [2.24, 2.45) is 4.99 Å². The number of thiazole rings is 1. The first-order valence-corrected chi connectivity index (χ1v) is 8.47. The van der Waals surface area contributed by atoms with E-state index in [1.165, 1.54) is 12.0 Å². The largest absolute Gasteiger partial charge is 0.469 e. The first kappa shape index (κ1) is 22.1. The van der Waals surface area contributed by atoms with Crippen LogP contribution in [0.5, 0.6) is 0 Å². The normalized spacial score (nSPS) is 10.8. The van der Waals surface area contributed by atoms with Crippen LogP contribution in [0.4, 0.5) is 0 Å². The van der Waals surface area contributed by atoms with Crippen molar-refractivity contribution in [3.63, 3.8) is 0 Å². The van der Waals surface area contributed by atoms with Crippen LogP contribution in [0, 0.1) is 6.92 Å². The molecule has 23 heavy (non-hydrogen) atoms. The SMILES string of the molecule is CCNC(=NCCCCC(=O)OC)NCCc1ncc(C)s1.I. The summed E-state index contributed by atoms with van der Waals surface area (Å²) in [5.74, 6) is 0.654. The van der Waals surface area contributed by atoms with E-state index in [1.54, 1.807) is 11.3 Å². The molecule has 6 nitrogen and oxygen atoms in total. The van der Waals surface area contributed by atoms with Crippen LogP contribution in [0.15, 0.2) is 11.2 Å². The molecule has 0 spiro atoms. The van der Waals surface area contributed by atoms with Gasteiger partial charge in [-0.05, 0) is 26.7 Å². The van der Waals surface area contributed by atoms with Crippen molar-refractivity contribution in [1.82, 2.24) is 15.6 Å². The average Bonchev–Trinajstić information content (AvgIpc) is 2.92. The van der Waals surface area contributed by atoms with Gasteiger partial charge in [0.25, 0.3) is 0 Å². The summed E-state index contributed by atoms with van der Waals surface area (Å²) in [7, 11) is 1.41. The number of hydrogen-bond donors (Lipinski definition) is 2. The first-order valence-electron chi connectivity index (χ1n) is 7.66. The Kier molecular flexibility index (Phi) is 13.0. The van der Waals surface area contributed by atoms with Gasteiger partial charge in [0.05, 0.1) is 12.1 Å². The lowest BCUT2D eigenvalue weighted by Gasteiger charge is -2.10. The lowest BCUT2D eigenvalue weighted by atomic mass is 10.2. The van der Waals surface area contributed by atoms with Crippen LogP contribution in [-0.4, -0.2) is 43.7 Å². The van der Waals surface area contributed by atoms with E-state index in [4.69, 9.17) is 0 Å². The van der Waals surface area contributed by atoms with Crippen molar-refractivity contribution in [3.05, 3.63) is 16.1 Å². The van der Waals surface area contributed by atoms with Gasteiger partial charge >= 0.3 is 5.97 Å². The molecule has 0 saturated carbocycles.